The van der Waals surface area contributed by atoms with Crippen molar-refractivity contribution in [1.29, 1.82) is 0 Å². The molecule has 0 amide bonds. The molecule has 0 aromatic heterocycles. The molecular formula is C21H32NO2+. The maximum atomic E-state index is 12.7. The van der Waals surface area contributed by atoms with Crippen LogP contribution in [0, 0.1) is 23.7 Å². The van der Waals surface area contributed by atoms with E-state index in [2.05, 4.69) is 66.1 Å². The van der Waals surface area contributed by atoms with Crippen molar-refractivity contribution in [3.05, 3.63) is 29.8 Å². The van der Waals surface area contributed by atoms with Crippen LogP contribution in [0.15, 0.2) is 24.3 Å². The van der Waals surface area contributed by atoms with E-state index in [-0.39, 0.29) is 22.9 Å². The number of hydrogen-bond donors (Lipinski definition) is 0. The van der Waals surface area contributed by atoms with Crippen molar-refractivity contribution < 1.29 is 9.53 Å². The predicted molar refractivity (Wildman–Crippen MR) is 98.8 cm³/mol. The summed E-state index contributed by atoms with van der Waals surface area (Å²) in [6, 6.07) is 8.37. The highest BCUT2D eigenvalue weighted by atomic mass is 16.5. The Morgan fingerprint density at radius 1 is 1.29 bits per heavy atom. The van der Waals surface area contributed by atoms with E-state index in [0.29, 0.717) is 16.9 Å². The number of fused-ring (bicyclic) bond motifs is 2. The van der Waals surface area contributed by atoms with E-state index in [0.717, 1.165) is 12.1 Å². The normalized spacial score (nSPS) is 31.2. The van der Waals surface area contributed by atoms with Crippen LogP contribution in [0.25, 0.3) is 0 Å². The highest BCUT2D eigenvalue weighted by Gasteiger charge is 2.63. The average molecular weight is 330 g/mol. The van der Waals surface area contributed by atoms with Crippen molar-refractivity contribution >= 4 is 11.7 Å². The first kappa shape index (κ1) is 17.5. The predicted octanol–water partition coefficient (Wildman–Crippen LogP) is 4.32. The third-order valence-electron chi connectivity index (χ3n) is 7.21. The van der Waals surface area contributed by atoms with Crippen molar-refractivity contribution in [2.24, 2.45) is 16.7 Å². The summed E-state index contributed by atoms with van der Waals surface area (Å²) in [6.45, 7) is 9.48. The Morgan fingerprint density at radius 3 is 2.54 bits per heavy atom. The van der Waals surface area contributed by atoms with Gasteiger partial charge in [0.25, 0.3) is 0 Å². The first-order valence-corrected chi connectivity index (χ1v) is 9.16. The van der Waals surface area contributed by atoms with Gasteiger partial charge in [-0.1, -0.05) is 32.9 Å². The first-order valence-electron chi connectivity index (χ1n) is 9.16. The average Bonchev–Trinajstić information content (AvgIpc) is 2.80. The van der Waals surface area contributed by atoms with E-state index in [1.54, 1.807) is 0 Å². The number of likely N-dealkylation sites (N-methyl/N-ethyl adjacent to an activating group) is 1. The molecule has 3 heteroatoms. The molecule has 0 saturated heterocycles. The summed E-state index contributed by atoms with van der Waals surface area (Å²) in [6.07, 6.45) is 3.57. The molecule has 0 N–H and O–H groups in total. The van der Waals surface area contributed by atoms with Gasteiger partial charge >= 0.3 is 5.97 Å². The van der Waals surface area contributed by atoms with E-state index in [4.69, 9.17) is 4.74 Å². The minimum Gasteiger partial charge on any atom is -0.458 e. The standard InChI is InChI=1S/C21H32NO2/c1-15-8-7-9-17(12-15)22(5,6)14-19(23)24-18-13-16-10-11-21(18,4)20(16,2)3/h7-9,12,16,18H,10-11,13-14H2,1-6H3/q+1/t16-,18-,21-/m1/s1. The summed E-state index contributed by atoms with van der Waals surface area (Å²) in [5.74, 6) is 0.621. The van der Waals surface area contributed by atoms with Gasteiger partial charge in [-0.05, 0) is 49.1 Å². The Labute approximate surface area is 146 Å². The number of hydrogen-bond acceptors (Lipinski definition) is 2. The van der Waals surface area contributed by atoms with Gasteiger partial charge < -0.3 is 4.74 Å². The smallest absolute Gasteiger partial charge is 0.362 e. The number of rotatable bonds is 4. The second kappa shape index (κ2) is 5.59. The summed E-state index contributed by atoms with van der Waals surface area (Å²) < 4.78 is 6.54. The third-order valence-corrected chi connectivity index (χ3v) is 7.21. The number of benzene rings is 1. The van der Waals surface area contributed by atoms with Gasteiger partial charge in [-0.25, -0.2) is 4.79 Å². The molecule has 3 rings (SSSR count). The summed E-state index contributed by atoms with van der Waals surface area (Å²) >= 11 is 0. The Balaban J connectivity index is 1.68. The molecule has 0 aliphatic heterocycles. The monoisotopic (exact) mass is 330 g/mol. The fourth-order valence-electron chi connectivity index (χ4n) is 4.92. The molecular weight excluding hydrogens is 298 g/mol. The van der Waals surface area contributed by atoms with Gasteiger partial charge in [0, 0.05) is 11.5 Å². The second-order valence-electron chi connectivity index (χ2n) is 9.27. The van der Waals surface area contributed by atoms with Crippen LogP contribution in [0.1, 0.15) is 45.6 Å². The van der Waals surface area contributed by atoms with E-state index in [9.17, 15) is 4.79 Å². The molecule has 2 saturated carbocycles. The van der Waals surface area contributed by atoms with Gasteiger partial charge in [0.2, 0.25) is 0 Å². The van der Waals surface area contributed by atoms with Crippen molar-refractivity contribution in [3.8, 4) is 0 Å². The molecule has 3 nitrogen and oxygen atoms in total. The summed E-state index contributed by atoms with van der Waals surface area (Å²) in [4.78, 5) is 12.7. The number of nitrogens with zero attached hydrogens (tertiary/aromatic N) is 1. The lowest BCUT2D eigenvalue weighted by Crippen LogP contribution is -2.47. The van der Waals surface area contributed by atoms with Crippen LogP contribution in [-0.2, 0) is 9.53 Å². The Morgan fingerprint density at radius 2 is 2.00 bits per heavy atom. The van der Waals surface area contributed by atoms with E-state index in [1.165, 1.54) is 18.4 Å². The molecule has 2 aliphatic rings. The Hall–Kier alpha value is -1.35. The maximum absolute atomic E-state index is 12.7. The minimum atomic E-state index is -0.0731. The number of carbonyl (C=O) groups excluding carboxylic acids is 1. The molecule has 0 spiro atoms. The quantitative estimate of drug-likeness (QED) is 0.607. The van der Waals surface area contributed by atoms with Gasteiger partial charge in [0.1, 0.15) is 11.8 Å². The zero-order valence-electron chi connectivity index (χ0n) is 16.1. The fraction of sp³-hybridized carbons (Fsp3) is 0.667. The number of carbonyl (C=O) groups is 1. The van der Waals surface area contributed by atoms with Crippen molar-refractivity contribution in [2.75, 3.05) is 20.6 Å². The van der Waals surface area contributed by atoms with Gasteiger partial charge in [-0.3, -0.25) is 4.48 Å². The number of esters is 1. The van der Waals surface area contributed by atoms with Gasteiger partial charge in [0.15, 0.2) is 6.54 Å². The van der Waals surface area contributed by atoms with E-state index >= 15 is 0 Å². The van der Waals surface area contributed by atoms with E-state index in [1.807, 2.05) is 0 Å². The topological polar surface area (TPSA) is 26.3 Å². The molecule has 1 aromatic carbocycles. The Kier molecular flexibility index (Phi) is 4.07. The third kappa shape index (κ3) is 2.67. The highest BCUT2D eigenvalue weighted by Crippen LogP contribution is 2.66. The lowest BCUT2D eigenvalue weighted by atomic mass is 9.70. The van der Waals surface area contributed by atoms with Crippen LogP contribution in [0.5, 0.6) is 0 Å². The van der Waals surface area contributed by atoms with Crippen LogP contribution in [0.3, 0.4) is 0 Å². The number of aryl methyl sites for hydroxylation is 1. The van der Waals surface area contributed by atoms with Crippen molar-refractivity contribution in [1.82, 2.24) is 4.48 Å². The van der Waals surface area contributed by atoms with Crippen LogP contribution >= 0.6 is 0 Å². The molecule has 2 bridgehead atoms. The lowest BCUT2D eigenvalue weighted by molar-refractivity contribution is -0.157. The molecule has 1 aromatic rings. The lowest BCUT2D eigenvalue weighted by Gasteiger charge is -2.38. The summed E-state index contributed by atoms with van der Waals surface area (Å²) in [5.41, 5.74) is 2.77. The molecule has 0 unspecified atom stereocenters. The van der Waals surface area contributed by atoms with Gasteiger partial charge in [0.05, 0.1) is 14.1 Å². The molecule has 0 radical (unpaired) electrons. The van der Waals surface area contributed by atoms with Crippen LogP contribution in [0.4, 0.5) is 5.69 Å². The largest absolute Gasteiger partial charge is 0.458 e. The maximum Gasteiger partial charge on any atom is 0.362 e. The SMILES string of the molecule is Cc1cccc([N+](C)(C)CC(=O)O[C@@H]2C[C@H]3CC[C@@]2(C)C3(C)C)c1. The van der Waals surface area contributed by atoms with E-state index < -0.39 is 0 Å². The zero-order valence-corrected chi connectivity index (χ0v) is 16.1. The number of ether oxygens (including phenoxy) is 1. The van der Waals surface area contributed by atoms with Crippen LogP contribution in [0.2, 0.25) is 0 Å². The van der Waals surface area contributed by atoms with Crippen molar-refractivity contribution in [3.63, 3.8) is 0 Å². The van der Waals surface area contributed by atoms with Crippen molar-refractivity contribution in [2.45, 2.75) is 53.1 Å². The van der Waals surface area contributed by atoms with Crippen LogP contribution < -0.4 is 4.48 Å². The van der Waals surface area contributed by atoms with Crippen LogP contribution in [-0.4, -0.2) is 32.7 Å². The first-order chi connectivity index (χ1) is 11.1. The van der Waals surface area contributed by atoms with Gasteiger partial charge in [-0.2, -0.15) is 0 Å². The fourth-order valence-corrected chi connectivity index (χ4v) is 4.92. The van der Waals surface area contributed by atoms with Gasteiger partial charge in [-0.15, -0.1) is 0 Å². The second-order valence-corrected chi connectivity index (χ2v) is 9.27. The zero-order chi connectivity index (χ0) is 17.8. The molecule has 0 heterocycles. The molecule has 132 valence electrons. The molecule has 2 aliphatic carbocycles. The molecule has 3 atom stereocenters. The molecule has 24 heavy (non-hydrogen) atoms. The number of quaternary nitrogens is 1. The summed E-state index contributed by atoms with van der Waals surface area (Å²) in [7, 11) is 4.14. The Bertz CT molecular complexity index is 649. The summed E-state index contributed by atoms with van der Waals surface area (Å²) in [5, 5.41) is 0. The highest BCUT2D eigenvalue weighted by molar-refractivity contribution is 5.74. The molecule has 2 fully saturated rings. The minimum absolute atomic E-state index is 0.0731.